The highest BCUT2D eigenvalue weighted by Crippen LogP contribution is 2.33. The van der Waals surface area contributed by atoms with E-state index in [1.54, 1.807) is 0 Å². The Morgan fingerprint density at radius 2 is 1.67 bits per heavy atom. The van der Waals surface area contributed by atoms with Crippen LogP contribution in [-0.4, -0.2) is 5.78 Å². The van der Waals surface area contributed by atoms with Gasteiger partial charge >= 0.3 is 0 Å². The van der Waals surface area contributed by atoms with Crippen LogP contribution in [0.1, 0.15) is 41.0 Å². The topological polar surface area (TPSA) is 17.1 Å². The summed E-state index contributed by atoms with van der Waals surface area (Å²) in [7, 11) is 0. The number of ketones is 1. The molecule has 0 aliphatic rings. The van der Waals surface area contributed by atoms with Crippen LogP contribution in [0.2, 0.25) is 0 Å². The van der Waals surface area contributed by atoms with Gasteiger partial charge < -0.3 is 0 Å². The summed E-state index contributed by atoms with van der Waals surface area (Å²) < 4.78 is 0. The Hall–Kier alpha value is -0.590. The Bertz CT molecular complexity index is 182. The molecule has 0 rings (SSSR count). The third-order valence-electron chi connectivity index (χ3n) is 1.82. The Morgan fingerprint density at radius 1 is 1.25 bits per heavy atom. The largest absolute Gasteiger partial charge is 0.294 e. The molecule has 0 fully saturated rings. The molecule has 0 N–H and O–H groups in total. The first kappa shape index (κ1) is 11.4. The fraction of sp³-hybridized carbons (Fsp3) is 0.727. The second kappa shape index (κ2) is 3.42. The molecular formula is C11H20O. The molecule has 70 valence electrons. The van der Waals surface area contributed by atoms with E-state index in [1.165, 1.54) is 6.08 Å². The minimum absolute atomic E-state index is 0.137. The summed E-state index contributed by atoms with van der Waals surface area (Å²) in [6.07, 6.45) is 2.32. The van der Waals surface area contributed by atoms with Gasteiger partial charge in [-0.3, -0.25) is 4.79 Å². The Kier molecular flexibility index (Phi) is 3.25. The third-order valence-corrected chi connectivity index (χ3v) is 1.82. The Labute approximate surface area is 75.9 Å². The molecule has 0 radical (unpaired) electrons. The summed E-state index contributed by atoms with van der Waals surface area (Å²) in [5.74, 6) is 0.137. The van der Waals surface area contributed by atoms with Crippen molar-refractivity contribution in [3.05, 3.63) is 12.7 Å². The summed E-state index contributed by atoms with van der Waals surface area (Å²) in [5, 5.41) is 0. The van der Waals surface area contributed by atoms with E-state index in [1.807, 2.05) is 13.8 Å². The SMILES string of the molecule is C=CC(=O)C(C)(C)CC(C)(C)C. The van der Waals surface area contributed by atoms with Gasteiger partial charge in [0.05, 0.1) is 0 Å². The summed E-state index contributed by atoms with van der Waals surface area (Å²) in [4.78, 5) is 11.4. The number of carbonyl (C=O) groups excluding carboxylic acids is 1. The van der Waals surface area contributed by atoms with Gasteiger partial charge in [0.1, 0.15) is 0 Å². The minimum atomic E-state index is -0.264. The van der Waals surface area contributed by atoms with Crippen LogP contribution in [0, 0.1) is 10.8 Å². The van der Waals surface area contributed by atoms with Crippen molar-refractivity contribution in [2.45, 2.75) is 41.0 Å². The number of allylic oxidation sites excluding steroid dienone is 1. The van der Waals surface area contributed by atoms with Crippen LogP contribution in [0.5, 0.6) is 0 Å². The van der Waals surface area contributed by atoms with Crippen LogP contribution < -0.4 is 0 Å². The molecule has 0 aromatic heterocycles. The Morgan fingerprint density at radius 3 is 1.92 bits per heavy atom. The van der Waals surface area contributed by atoms with E-state index in [0.717, 1.165) is 6.42 Å². The maximum absolute atomic E-state index is 11.4. The van der Waals surface area contributed by atoms with Gasteiger partial charge in [-0.2, -0.15) is 0 Å². The van der Waals surface area contributed by atoms with Crippen molar-refractivity contribution in [1.29, 1.82) is 0 Å². The van der Waals surface area contributed by atoms with Crippen LogP contribution in [-0.2, 0) is 4.79 Å². The lowest BCUT2D eigenvalue weighted by Crippen LogP contribution is -2.27. The molecule has 0 unspecified atom stereocenters. The lowest BCUT2D eigenvalue weighted by atomic mass is 9.74. The third kappa shape index (κ3) is 3.70. The van der Waals surface area contributed by atoms with Crippen molar-refractivity contribution in [3.8, 4) is 0 Å². The van der Waals surface area contributed by atoms with Gasteiger partial charge in [-0.25, -0.2) is 0 Å². The standard InChI is InChI=1S/C11H20O/c1-7-9(12)11(5,6)8-10(2,3)4/h7H,1,8H2,2-6H3. The van der Waals surface area contributed by atoms with E-state index in [0.29, 0.717) is 0 Å². The highest BCUT2D eigenvalue weighted by Gasteiger charge is 2.30. The van der Waals surface area contributed by atoms with Crippen molar-refractivity contribution in [3.63, 3.8) is 0 Å². The van der Waals surface area contributed by atoms with Crippen LogP contribution in [0.4, 0.5) is 0 Å². The average molecular weight is 168 g/mol. The molecule has 1 heteroatoms. The summed E-state index contributed by atoms with van der Waals surface area (Å²) in [6, 6.07) is 0. The van der Waals surface area contributed by atoms with Gasteiger partial charge in [0.25, 0.3) is 0 Å². The molecule has 0 saturated carbocycles. The highest BCUT2D eigenvalue weighted by atomic mass is 16.1. The molecule has 0 spiro atoms. The monoisotopic (exact) mass is 168 g/mol. The fourth-order valence-electron chi connectivity index (χ4n) is 1.69. The van der Waals surface area contributed by atoms with Gasteiger partial charge in [0.2, 0.25) is 0 Å². The molecule has 0 aliphatic heterocycles. The van der Waals surface area contributed by atoms with Crippen LogP contribution in [0.25, 0.3) is 0 Å². The molecule has 0 aliphatic carbocycles. The van der Waals surface area contributed by atoms with Gasteiger partial charge in [-0.05, 0) is 17.9 Å². The molecular weight excluding hydrogens is 148 g/mol. The maximum Gasteiger partial charge on any atom is 0.160 e. The zero-order chi connectivity index (χ0) is 9.99. The van der Waals surface area contributed by atoms with Crippen molar-refractivity contribution >= 4 is 5.78 Å². The summed E-state index contributed by atoms with van der Waals surface area (Å²) in [5.41, 5.74) is -0.0673. The van der Waals surface area contributed by atoms with Gasteiger partial charge in [-0.15, -0.1) is 0 Å². The fourth-order valence-corrected chi connectivity index (χ4v) is 1.69. The molecule has 1 nitrogen and oxygen atoms in total. The van der Waals surface area contributed by atoms with Crippen molar-refractivity contribution in [2.24, 2.45) is 10.8 Å². The molecule has 0 bridgehead atoms. The van der Waals surface area contributed by atoms with E-state index >= 15 is 0 Å². The lowest BCUT2D eigenvalue weighted by molar-refractivity contribution is -0.123. The minimum Gasteiger partial charge on any atom is -0.294 e. The van der Waals surface area contributed by atoms with Crippen LogP contribution in [0.3, 0.4) is 0 Å². The smallest absolute Gasteiger partial charge is 0.160 e. The first-order valence-electron chi connectivity index (χ1n) is 4.36. The second-order valence-corrected chi connectivity index (χ2v) is 5.19. The maximum atomic E-state index is 11.4. The average Bonchev–Trinajstić information content (AvgIpc) is 1.80. The van der Waals surface area contributed by atoms with Gasteiger partial charge in [-0.1, -0.05) is 41.2 Å². The summed E-state index contributed by atoms with van der Waals surface area (Å²) >= 11 is 0. The summed E-state index contributed by atoms with van der Waals surface area (Å²) in [6.45, 7) is 13.9. The van der Waals surface area contributed by atoms with Crippen molar-refractivity contribution in [2.75, 3.05) is 0 Å². The zero-order valence-corrected chi connectivity index (χ0v) is 8.90. The van der Waals surface area contributed by atoms with Crippen molar-refractivity contribution < 1.29 is 4.79 Å². The molecule has 12 heavy (non-hydrogen) atoms. The molecule has 0 heterocycles. The van der Waals surface area contributed by atoms with Gasteiger partial charge in [0, 0.05) is 5.41 Å². The lowest BCUT2D eigenvalue weighted by Gasteiger charge is -2.30. The Balaban J connectivity index is 4.42. The molecule has 0 amide bonds. The molecule has 0 aromatic carbocycles. The number of carbonyl (C=O) groups is 1. The predicted molar refractivity (Wildman–Crippen MR) is 53.1 cm³/mol. The highest BCUT2D eigenvalue weighted by molar-refractivity contribution is 5.93. The number of hydrogen-bond donors (Lipinski definition) is 0. The normalized spacial score (nSPS) is 12.8. The van der Waals surface area contributed by atoms with Crippen LogP contribution in [0.15, 0.2) is 12.7 Å². The van der Waals surface area contributed by atoms with E-state index in [2.05, 4.69) is 27.4 Å². The number of rotatable bonds is 3. The first-order valence-corrected chi connectivity index (χ1v) is 4.36. The zero-order valence-electron chi connectivity index (χ0n) is 8.90. The van der Waals surface area contributed by atoms with E-state index < -0.39 is 0 Å². The molecule has 0 aromatic rings. The quantitative estimate of drug-likeness (QED) is 0.591. The predicted octanol–water partition coefficient (Wildman–Crippen LogP) is 3.20. The molecule has 0 saturated heterocycles. The van der Waals surface area contributed by atoms with Crippen molar-refractivity contribution in [1.82, 2.24) is 0 Å². The van der Waals surface area contributed by atoms with Crippen LogP contribution >= 0.6 is 0 Å². The van der Waals surface area contributed by atoms with E-state index in [9.17, 15) is 4.79 Å². The molecule has 0 atom stereocenters. The second-order valence-electron chi connectivity index (χ2n) is 5.19. The first-order chi connectivity index (χ1) is 5.19. The van der Waals surface area contributed by atoms with E-state index in [-0.39, 0.29) is 16.6 Å². The van der Waals surface area contributed by atoms with Gasteiger partial charge in [0.15, 0.2) is 5.78 Å². The van der Waals surface area contributed by atoms with E-state index in [4.69, 9.17) is 0 Å². The number of hydrogen-bond acceptors (Lipinski definition) is 1.